The van der Waals surface area contributed by atoms with Crippen LogP contribution >= 0.6 is 11.6 Å². The highest BCUT2D eigenvalue weighted by molar-refractivity contribution is 6.33. The molecule has 1 aliphatic heterocycles. The van der Waals surface area contributed by atoms with Gasteiger partial charge in [-0.25, -0.2) is 4.39 Å². The number of rotatable bonds is 3. The van der Waals surface area contributed by atoms with Gasteiger partial charge in [0.1, 0.15) is 22.8 Å². The van der Waals surface area contributed by atoms with Crippen molar-refractivity contribution in [1.82, 2.24) is 10.1 Å². The third kappa shape index (κ3) is 3.00. The third-order valence-electron chi connectivity index (χ3n) is 4.49. The second kappa shape index (κ2) is 6.48. The van der Waals surface area contributed by atoms with Crippen molar-refractivity contribution in [3.63, 3.8) is 0 Å². The van der Waals surface area contributed by atoms with Crippen molar-refractivity contribution in [2.45, 2.75) is 13.8 Å². The zero-order chi connectivity index (χ0) is 18.3. The van der Waals surface area contributed by atoms with Gasteiger partial charge in [-0.2, -0.15) is 0 Å². The van der Waals surface area contributed by atoms with Crippen LogP contribution < -0.4 is 0 Å². The lowest BCUT2D eigenvalue weighted by molar-refractivity contribution is -0.142. The molecule has 0 spiro atoms. The molecule has 0 unspecified atom stereocenters. The van der Waals surface area contributed by atoms with Gasteiger partial charge in [0, 0.05) is 13.1 Å². The average Bonchev–Trinajstić information content (AvgIpc) is 3.10. The van der Waals surface area contributed by atoms with Crippen LogP contribution in [-0.4, -0.2) is 40.1 Å². The molecule has 1 saturated heterocycles. The Labute approximate surface area is 148 Å². The lowest BCUT2D eigenvalue weighted by Gasteiger charge is -2.16. The minimum atomic E-state index is -0.942. The van der Waals surface area contributed by atoms with Gasteiger partial charge >= 0.3 is 5.97 Å². The number of nitrogens with zero attached hydrogens (tertiary/aromatic N) is 2. The van der Waals surface area contributed by atoms with E-state index in [1.807, 2.05) is 0 Å². The number of halogens is 2. The molecule has 2 atom stereocenters. The monoisotopic (exact) mass is 366 g/mol. The summed E-state index contributed by atoms with van der Waals surface area (Å²) in [7, 11) is 0. The second-order valence-electron chi connectivity index (χ2n) is 6.19. The number of hydrogen-bond acceptors (Lipinski definition) is 4. The molecular weight excluding hydrogens is 351 g/mol. The van der Waals surface area contributed by atoms with Crippen LogP contribution in [0.2, 0.25) is 5.02 Å². The first-order chi connectivity index (χ1) is 11.8. The van der Waals surface area contributed by atoms with Crippen molar-refractivity contribution in [2.24, 2.45) is 11.8 Å². The quantitative estimate of drug-likeness (QED) is 0.901. The van der Waals surface area contributed by atoms with Crippen LogP contribution in [0.3, 0.4) is 0 Å². The standard InChI is InChI=1S/C17H16ClFN2O4/c1-8-6-21(7-10(8)17(23)24)16(22)13-9(2)25-20-15(13)14-11(18)4-3-5-12(14)19/h3-5,8,10H,6-7H2,1-2H3,(H,23,24)/t8-,10-/m1/s1. The predicted octanol–water partition coefficient (Wildman–Crippen LogP) is 3.24. The molecule has 1 fully saturated rings. The topological polar surface area (TPSA) is 83.6 Å². The van der Waals surface area contributed by atoms with Gasteiger partial charge in [-0.3, -0.25) is 9.59 Å². The number of aryl methyl sites for hydroxylation is 1. The molecule has 0 bridgehead atoms. The summed E-state index contributed by atoms with van der Waals surface area (Å²) in [6.07, 6.45) is 0. The zero-order valence-corrected chi connectivity index (χ0v) is 14.4. The number of carbonyl (C=O) groups is 2. The van der Waals surface area contributed by atoms with E-state index in [2.05, 4.69) is 5.16 Å². The first kappa shape index (κ1) is 17.4. The summed E-state index contributed by atoms with van der Waals surface area (Å²) in [5, 5.41) is 13.2. The van der Waals surface area contributed by atoms with Crippen molar-refractivity contribution in [3.05, 3.63) is 40.4 Å². The Morgan fingerprint density at radius 3 is 2.72 bits per heavy atom. The maximum absolute atomic E-state index is 14.2. The molecule has 0 saturated carbocycles. The molecular formula is C17H16ClFN2O4. The molecule has 132 valence electrons. The summed E-state index contributed by atoms with van der Waals surface area (Å²) in [5.74, 6) is -2.59. The van der Waals surface area contributed by atoms with Crippen LogP contribution in [0.1, 0.15) is 23.0 Å². The van der Waals surface area contributed by atoms with E-state index in [4.69, 9.17) is 16.1 Å². The zero-order valence-electron chi connectivity index (χ0n) is 13.6. The van der Waals surface area contributed by atoms with Gasteiger partial charge in [-0.1, -0.05) is 29.7 Å². The highest BCUT2D eigenvalue weighted by atomic mass is 35.5. The van der Waals surface area contributed by atoms with Crippen LogP contribution in [0, 0.1) is 24.6 Å². The molecule has 2 aromatic rings. The summed E-state index contributed by atoms with van der Waals surface area (Å²) in [6.45, 7) is 3.71. The Bertz CT molecular complexity index is 831. The van der Waals surface area contributed by atoms with E-state index in [1.165, 1.54) is 23.1 Å². The van der Waals surface area contributed by atoms with Crippen molar-refractivity contribution in [2.75, 3.05) is 13.1 Å². The molecule has 1 N–H and O–H groups in total. The minimum Gasteiger partial charge on any atom is -0.481 e. The number of benzene rings is 1. The van der Waals surface area contributed by atoms with Crippen LogP contribution in [-0.2, 0) is 4.79 Å². The van der Waals surface area contributed by atoms with E-state index >= 15 is 0 Å². The van der Waals surface area contributed by atoms with Crippen LogP contribution in [0.15, 0.2) is 22.7 Å². The maximum Gasteiger partial charge on any atom is 0.308 e. The van der Waals surface area contributed by atoms with Crippen molar-refractivity contribution < 1.29 is 23.6 Å². The maximum atomic E-state index is 14.2. The normalized spacial score (nSPS) is 20.1. The summed E-state index contributed by atoms with van der Waals surface area (Å²) in [5.41, 5.74) is 0.119. The number of aliphatic carboxylic acids is 1. The van der Waals surface area contributed by atoms with Gasteiger partial charge in [0.15, 0.2) is 0 Å². The van der Waals surface area contributed by atoms with Crippen molar-refractivity contribution in [1.29, 1.82) is 0 Å². The number of carboxylic acids is 1. The SMILES string of the molecule is Cc1onc(-c2c(F)cccc2Cl)c1C(=O)N1C[C@@H](C)[C@H](C(=O)O)C1. The smallest absolute Gasteiger partial charge is 0.308 e. The Morgan fingerprint density at radius 1 is 1.40 bits per heavy atom. The van der Waals surface area contributed by atoms with Crippen LogP contribution in [0.4, 0.5) is 4.39 Å². The minimum absolute atomic E-state index is 0.00797. The van der Waals surface area contributed by atoms with Gasteiger partial charge in [-0.15, -0.1) is 0 Å². The van der Waals surface area contributed by atoms with E-state index < -0.39 is 23.6 Å². The van der Waals surface area contributed by atoms with E-state index in [-0.39, 0.29) is 40.1 Å². The molecule has 2 heterocycles. The summed E-state index contributed by atoms with van der Waals surface area (Å²) in [4.78, 5) is 25.6. The number of hydrogen-bond donors (Lipinski definition) is 1. The Morgan fingerprint density at radius 2 is 2.12 bits per heavy atom. The molecule has 3 rings (SSSR count). The molecule has 8 heteroatoms. The van der Waals surface area contributed by atoms with E-state index in [0.29, 0.717) is 6.54 Å². The lowest BCUT2D eigenvalue weighted by atomic mass is 9.99. The number of carboxylic acid groups (broad SMARTS) is 1. The highest BCUT2D eigenvalue weighted by Crippen LogP contribution is 2.35. The molecule has 6 nitrogen and oxygen atoms in total. The van der Waals surface area contributed by atoms with Crippen LogP contribution in [0.25, 0.3) is 11.3 Å². The van der Waals surface area contributed by atoms with Gasteiger partial charge in [0.25, 0.3) is 5.91 Å². The molecule has 0 radical (unpaired) electrons. The molecule has 1 aromatic heterocycles. The molecule has 25 heavy (non-hydrogen) atoms. The Hall–Kier alpha value is -2.41. The Kier molecular flexibility index (Phi) is 4.51. The van der Waals surface area contributed by atoms with Crippen molar-refractivity contribution in [3.8, 4) is 11.3 Å². The average molecular weight is 367 g/mol. The molecule has 1 aromatic carbocycles. The largest absolute Gasteiger partial charge is 0.481 e. The predicted molar refractivity (Wildman–Crippen MR) is 87.8 cm³/mol. The molecule has 0 aliphatic carbocycles. The van der Waals surface area contributed by atoms with Gasteiger partial charge in [0.05, 0.1) is 16.5 Å². The first-order valence-electron chi connectivity index (χ1n) is 7.74. The third-order valence-corrected chi connectivity index (χ3v) is 4.81. The fraction of sp³-hybridized carbons (Fsp3) is 0.353. The van der Waals surface area contributed by atoms with Crippen molar-refractivity contribution >= 4 is 23.5 Å². The van der Waals surface area contributed by atoms with Gasteiger partial charge in [0.2, 0.25) is 0 Å². The van der Waals surface area contributed by atoms with Gasteiger partial charge < -0.3 is 14.5 Å². The number of amides is 1. The first-order valence-corrected chi connectivity index (χ1v) is 8.11. The van der Waals surface area contributed by atoms with Gasteiger partial charge in [-0.05, 0) is 25.0 Å². The number of likely N-dealkylation sites (tertiary alicyclic amines) is 1. The second-order valence-corrected chi connectivity index (χ2v) is 6.60. The molecule has 1 aliphatic rings. The van der Waals surface area contributed by atoms with E-state index in [1.54, 1.807) is 13.8 Å². The van der Waals surface area contributed by atoms with Crippen LogP contribution in [0.5, 0.6) is 0 Å². The van der Waals surface area contributed by atoms with E-state index in [0.717, 1.165) is 0 Å². The summed E-state index contributed by atoms with van der Waals surface area (Å²) >= 11 is 6.07. The summed E-state index contributed by atoms with van der Waals surface area (Å²) in [6, 6.07) is 4.17. The number of aromatic nitrogens is 1. The summed E-state index contributed by atoms with van der Waals surface area (Å²) < 4.78 is 19.3. The van der Waals surface area contributed by atoms with E-state index in [9.17, 15) is 19.1 Å². The lowest BCUT2D eigenvalue weighted by Crippen LogP contribution is -2.30. The fourth-order valence-corrected chi connectivity index (χ4v) is 3.38. The Balaban J connectivity index is 2.01. The highest BCUT2D eigenvalue weighted by Gasteiger charge is 2.39. The number of carbonyl (C=O) groups excluding carboxylic acids is 1. The molecule has 1 amide bonds. The fourth-order valence-electron chi connectivity index (χ4n) is 3.13.